The van der Waals surface area contributed by atoms with Crippen molar-refractivity contribution in [2.24, 2.45) is 0 Å². The first kappa shape index (κ1) is 14.4. The molecule has 104 valence electrons. The van der Waals surface area contributed by atoms with E-state index in [1.54, 1.807) is 19.2 Å². The monoisotopic (exact) mass is 269 g/mol. The summed E-state index contributed by atoms with van der Waals surface area (Å²) in [5, 5.41) is 0. The summed E-state index contributed by atoms with van der Waals surface area (Å²) < 4.78 is 5.56. The largest absolute Gasteiger partial charge is 0.374 e. The Morgan fingerprint density at radius 2 is 1.90 bits per heavy atom. The fraction of sp³-hybridized carbons (Fsp3) is 0.294. The smallest absolute Gasteiger partial charge is 0.161 e. The molecular formula is C17H19NO2. The van der Waals surface area contributed by atoms with Crippen molar-refractivity contribution in [3.63, 3.8) is 0 Å². The van der Waals surface area contributed by atoms with Crippen molar-refractivity contribution < 1.29 is 9.53 Å². The topological polar surface area (TPSA) is 39.2 Å². The van der Waals surface area contributed by atoms with Crippen LogP contribution in [0.1, 0.15) is 42.8 Å². The van der Waals surface area contributed by atoms with Crippen LogP contribution in [0, 0.1) is 0 Å². The number of rotatable bonds is 5. The van der Waals surface area contributed by atoms with Crippen molar-refractivity contribution in [2.45, 2.75) is 26.9 Å². The van der Waals surface area contributed by atoms with Gasteiger partial charge < -0.3 is 4.74 Å². The molecule has 0 N–H and O–H groups in total. The van der Waals surface area contributed by atoms with Crippen molar-refractivity contribution in [1.29, 1.82) is 0 Å². The lowest BCUT2D eigenvalue weighted by Gasteiger charge is -2.12. The van der Waals surface area contributed by atoms with Gasteiger partial charge in [-0.05, 0) is 38.5 Å². The highest BCUT2D eigenvalue weighted by molar-refractivity contribution is 5.93. The van der Waals surface area contributed by atoms with Crippen molar-refractivity contribution in [3.8, 4) is 11.3 Å². The van der Waals surface area contributed by atoms with Crippen molar-refractivity contribution in [1.82, 2.24) is 4.98 Å². The third-order valence-electron chi connectivity index (χ3n) is 3.26. The molecule has 0 aliphatic carbocycles. The number of pyridine rings is 1. The minimum Gasteiger partial charge on any atom is -0.374 e. The molecule has 0 unspecified atom stereocenters. The summed E-state index contributed by atoms with van der Waals surface area (Å²) in [6.07, 6.45) is 1.72. The van der Waals surface area contributed by atoms with Crippen LogP contribution in [0.4, 0.5) is 0 Å². The van der Waals surface area contributed by atoms with Gasteiger partial charge in [0.15, 0.2) is 5.78 Å². The molecule has 0 saturated carbocycles. The SMILES string of the molecule is CCO[C@@H](C)c1ccc(-c2ccc(C(C)=O)cn2)cc1. The maximum atomic E-state index is 11.2. The summed E-state index contributed by atoms with van der Waals surface area (Å²) in [5.41, 5.74) is 3.68. The molecule has 1 aromatic carbocycles. The molecule has 0 spiro atoms. The molecule has 1 atom stereocenters. The van der Waals surface area contributed by atoms with Gasteiger partial charge in [0.2, 0.25) is 0 Å². The Hall–Kier alpha value is -2.00. The van der Waals surface area contributed by atoms with E-state index in [9.17, 15) is 4.79 Å². The van der Waals surface area contributed by atoms with E-state index in [1.807, 2.05) is 32.0 Å². The van der Waals surface area contributed by atoms with Crippen LogP contribution < -0.4 is 0 Å². The highest BCUT2D eigenvalue weighted by Gasteiger charge is 2.06. The van der Waals surface area contributed by atoms with Crippen LogP contribution in [0.2, 0.25) is 0 Å². The lowest BCUT2D eigenvalue weighted by atomic mass is 10.0. The van der Waals surface area contributed by atoms with Gasteiger partial charge in [0, 0.05) is 23.9 Å². The number of carbonyl (C=O) groups is 1. The summed E-state index contributed by atoms with van der Waals surface area (Å²) in [4.78, 5) is 15.5. The molecule has 2 rings (SSSR count). The highest BCUT2D eigenvalue weighted by Crippen LogP contribution is 2.22. The second-order valence-electron chi connectivity index (χ2n) is 4.71. The van der Waals surface area contributed by atoms with E-state index in [2.05, 4.69) is 17.1 Å². The number of Topliss-reactive ketones (excluding diaryl/α,β-unsaturated/α-hetero) is 1. The first-order valence-corrected chi connectivity index (χ1v) is 6.80. The van der Waals surface area contributed by atoms with Crippen LogP contribution in [-0.2, 0) is 4.74 Å². The van der Waals surface area contributed by atoms with E-state index in [-0.39, 0.29) is 11.9 Å². The number of nitrogens with zero attached hydrogens (tertiary/aromatic N) is 1. The Labute approximate surface area is 119 Å². The van der Waals surface area contributed by atoms with E-state index in [1.165, 1.54) is 0 Å². The van der Waals surface area contributed by atoms with Crippen molar-refractivity contribution >= 4 is 5.78 Å². The summed E-state index contributed by atoms with van der Waals surface area (Å²) >= 11 is 0. The second-order valence-corrected chi connectivity index (χ2v) is 4.71. The second kappa shape index (κ2) is 6.44. The Bertz CT molecular complexity index is 573. The number of ether oxygens (including phenoxy) is 1. The zero-order valence-electron chi connectivity index (χ0n) is 12.1. The minimum atomic E-state index is 0.0323. The van der Waals surface area contributed by atoms with Crippen LogP contribution in [0.5, 0.6) is 0 Å². The van der Waals surface area contributed by atoms with Crippen LogP contribution in [0.15, 0.2) is 42.6 Å². The molecule has 0 amide bonds. The van der Waals surface area contributed by atoms with Gasteiger partial charge in [0.1, 0.15) is 0 Å². The Kier molecular flexibility index (Phi) is 4.64. The summed E-state index contributed by atoms with van der Waals surface area (Å²) in [6, 6.07) is 11.8. The summed E-state index contributed by atoms with van der Waals surface area (Å²) in [7, 11) is 0. The molecule has 0 fully saturated rings. The maximum Gasteiger partial charge on any atom is 0.161 e. The van der Waals surface area contributed by atoms with Gasteiger partial charge in [-0.3, -0.25) is 9.78 Å². The molecule has 0 saturated heterocycles. The zero-order chi connectivity index (χ0) is 14.5. The molecule has 1 heterocycles. The quantitative estimate of drug-likeness (QED) is 0.769. The van der Waals surface area contributed by atoms with E-state index >= 15 is 0 Å². The van der Waals surface area contributed by atoms with Gasteiger partial charge in [-0.25, -0.2) is 0 Å². The molecule has 2 aromatic rings. The van der Waals surface area contributed by atoms with E-state index in [0.717, 1.165) is 16.8 Å². The number of hydrogen-bond acceptors (Lipinski definition) is 3. The van der Waals surface area contributed by atoms with Crippen LogP contribution in [0.3, 0.4) is 0 Å². The molecule has 3 heteroatoms. The van der Waals surface area contributed by atoms with Gasteiger partial charge in [0.25, 0.3) is 0 Å². The van der Waals surface area contributed by atoms with E-state index in [0.29, 0.717) is 12.2 Å². The van der Waals surface area contributed by atoms with Crippen LogP contribution >= 0.6 is 0 Å². The van der Waals surface area contributed by atoms with Crippen LogP contribution in [0.25, 0.3) is 11.3 Å². The number of benzene rings is 1. The normalized spacial score (nSPS) is 12.2. The van der Waals surface area contributed by atoms with Gasteiger partial charge >= 0.3 is 0 Å². The predicted octanol–water partition coefficient (Wildman–Crippen LogP) is 4.05. The fourth-order valence-corrected chi connectivity index (χ4v) is 2.04. The molecule has 3 nitrogen and oxygen atoms in total. The van der Waals surface area contributed by atoms with Gasteiger partial charge in [0.05, 0.1) is 11.8 Å². The third kappa shape index (κ3) is 3.31. The standard InChI is InChI=1S/C17H19NO2/c1-4-20-13(3)14-5-7-15(8-6-14)17-10-9-16(11-18-17)12(2)19/h5-11,13H,4H2,1-3H3/t13-/m0/s1. The molecular weight excluding hydrogens is 250 g/mol. The maximum absolute atomic E-state index is 11.2. The first-order chi connectivity index (χ1) is 9.61. The fourth-order valence-electron chi connectivity index (χ4n) is 2.04. The molecule has 0 radical (unpaired) electrons. The lowest BCUT2D eigenvalue weighted by molar-refractivity contribution is 0.0764. The molecule has 0 aliphatic heterocycles. The molecule has 20 heavy (non-hydrogen) atoms. The first-order valence-electron chi connectivity index (χ1n) is 6.80. The van der Waals surface area contributed by atoms with E-state index < -0.39 is 0 Å². The highest BCUT2D eigenvalue weighted by atomic mass is 16.5. The average molecular weight is 269 g/mol. The number of ketones is 1. The van der Waals surface area contributed by atoms with Gasteiger partial charge in [-0.1, -0.05) is 24.3 Å². The van der Waals surface area contributed by atoms with E-state index in [4.69, 9.17) is 4.74 Å². The molecule has 1 aromatic heterocycles. The van der Waals surface area contributed by atoms with Gasteiger partial charge in [-0.2, -0.15) is 0 Å². The Morgan fingerprint density at radius 3 is 2.40 bits per heavy atom. The molecule has 0 bridgehead atoms. The predicted molar refractivity (Wildman–Crippen MR) is 79.7 cm³/mol. The Morgan fingerprint density at radius 1 is 1.20 bits per heavy atom. The van der Waals surface area contributed by atoms with Gasteiger partial charge in [-0.15, -0.1) is 0 Å². The van der Waals surface area contributed by atoms with Crippen LogP contribution in [-0.4, -0.2) is 17.4 Å². The zero-order valence-corrected chi connectivity index (χ0v) is 12.1. The Balaban J connectivity index is 2.19. The average Bonchev–Trinajstić information content (AvgIpc) is 2.48. The third-order valence-corrected chi connectivity index (χ3v) is 3.26. The number of hydrogen-bond donors (Lipinski definition) is 0. The summed E-state index contributed by atoms with van der Waals surface area (Å²) in [5.74, 6) is 0.0323. The molecule has 0 aliphatic rings. The minimum absolute atomic E-state index is 0.0323. The van der Waals surface area contributed by atoms with Crippen molar-refractivity contribution in [3.05, 3.63) is 53.7 Å². The summed E-state index contributed by atoms with van der Waals surface area (Å²) in [6.45, 7) is 6.28. The lowest BCUT2D eigenvalue weighted by Crippen LogP contribution is -1.99. The number of carbonyl (C=O) groups excluding carboxylic acids is 1. The number of aromatic nitrogens is 1. The van der Waals surface area contributed by atoms with Crippen molar-refractivity contribution in [2.75, 3.05) is 6.61 Å².